The van der Waals surface area contributed by atoms with Gasteiger partial charge in [0.05, 0.1) is 58.5 Å². The molecule has 0 saturated heterocycles. The summed E-state index contributed by atoms with van der Waals surface area (Å²) in [6.45, 7) is 9.32. The first-order chi connectivity index (χ1) is 50.6. The molecule has 0 N–H and O–H groups in total. The minimum atomic E-state index is -5.01. The van der Waals surface area contributed by atoms with E-state index < -0.39 is 65.0 Å². The maximum atomic E-state index is 13.0. The fourth-order valence-electron chi connectivity index (χ4n) is 12.6. The summed E-state index contributed by atoms with van der Waals surface area (Å²) in [6.07, 6.45) is 83.5. The Hall–Kier alpha value is -3.64. The van der Waals surface area contributed by atoms with E-state index in [1.807, 2.05) is 0 Å². The predicted molar refractivity (Wildman–Crippen MR) is 434 cm³/mol. The Morgan fingerprint density at radius 2 is 0.438 bits per heavy atom. The first-order valence-corrected chi connectivity index (χ1v) is 44.9. The number of rotatable bonds is 70. The van der Waals surface area contributed by atoms with Crippen molar-refractivity contribution in [3.8, 4) is 0 Å². The second-order valence-corrected chi connectivity index (χ2v) is 31.3. The number of hydrogen-bond donors (Lipinski definition) is 0. The molecular formula is C88H146CaO14S2. The van der Waals surface area contributed by atoms with E-state index in [-0.39, 0.29) is 75.3 Å². The normalized spacial score (nSPS) is 11.8. The number of ether oxygens (including phenoxy) is 4. The molecule has 0 heterocycles. The first kappa shape index (κ1) is 101. The molecular weight excluding hydrogens is 1390 g/mol. The van der Waals surface area contributed by atoms with Crippen LogP contribution < -0.4 is 0 Å². The molecule has 0 aromatic heterocycles. The average molecular weight is 1530 g/mol. The van der Waals surface area contributed by atoms with E-state index in [1.165, 1.54) is 281 Å². The number of hydrogen-bond acceptors (Lipinski definition) is 14. The number of carbonyl (C=O) groups excluding carboxylic acids is 4. The molecule has 0 amide bonds. The predicted octanol–water partition coefficient (Wildman–Crippen LogP) is 25.6. The summed E-state index contributed by atoms with van der Waals surface area (Å²) in [5.41, 5.74) is -1.56. The van der Waals surface area contributed by atoms with E-state index in [9.17, 15) is 45.1 Å². The van der Waals surface area contributed by atoms with Gasteiger partial charge >= 0.3 is 61.6 Å². The van der Waals surface area contributed by atoms with Crippen molar-refractivity contribution in [2.45, 2.75) is 397 Å². The van der Waals surface area contributed by atoms with Crippen LogP contribution in [0.4, 0.5) is 0 Å². The molecule has 0 radical (unpaired) electrons. The SMILES string of the molecule is CCC/C=C/CCCCCCCCCCCCCOC(=O)c1cccc(S(=O)(=O)[O-])c1C(=O)OCCCCCCCCCCCCC/C=C/CCC.CCC/C=C/CCCCCCCCCCCCCOC(=O)c1cccc(S(=O)(=O)[O-])c1C(=O)OCCCCCCCCCCCCC/C=C/CCC.[Ca+2]. The molecule has 0 fully saturated rings. The third kappa shape index (κ3) is 58.9. The van der Waals surface area contributed by atoms with Crippen molar-refractivity contribution >= 4 is 81.9 Å². The van der Waals surface area contributed by atoms with E-state index in [4.69, 9.17) is 18.9 Å². The van der Waals surface area contributed by atoms with Gasteiger partial charge in [-0.1, -0.05) is 345 Å². The molecule has 0 spiro atoms. The second kappa shape index (κ2) is 73.2. The zero-order chi connectivity index (χ0) is 75.9. The van der Waals surface area contributed by atoms with Crippen LogP contribution >= 0.6 is 0 Å². The second-order valence-electron chi connectivity index (χ2n) is 28.6. The van der Waals surface area contributed by atoms with Gasteiger partial charge in [0.2, 0.25) is 0 Å². The fourth-order valence-corrected chi connectivity index (χ4v) is 14.0. The molecule has 105 heavy (non-hydrogen) atoms. The van der Waals surface area contributed by atoms with Crippen LogP contribution in [0.1, 0.15) is 429 Å². The Morgan fingerprint density at radius 1 is 0.267 bits per heavy atom. The summed E-state index contributed by atoms with van der Waals surface area (Å²) in [7, 11) is -10.0. The Kier molecular flexibility index (Phi) is 70.6. The molecule has 0 aliphatic carbocycles. The van der Waals surface area contributed by atoms with Gasteiger partial charge in [0.15, 0.2) is 0 Å². The molecule has 2 aromatic rings. The molecule has 14 nitrogen and oxygen atoms in total. The zero-order valence-electron chi connectivity index (χ0n) is 66.7. The van der Waals surface area contributed by atoms with Crippen molar-refractivity contribution in [2.75, 3.05) is 26.4 Å². The van der Waals surface area contributed by atoms with Crippen LogP contribution in [0.3, 0.4) is 0 Å². The number of unbranched alkanes of at least 4 members (excludes halogenated alkanes) is 48. The smallest absolute Gasteiger partial charge is 0.744 e. The first-order valence-electron chi connectivity index (χ1n) is 42.1. The summed E-state index contributed by atoms with van der Waals surface area (Å²) in [5.74, 6) is -3.62. The Bertz CT molecular complexity index is 2610. The standard InChI is InChI=1S/2C44H74O7S.Ca/c2*1-3-5-7-9-11-13-15-17-19-21-23-25-27-29-31-33-38-50-43(45)40-36-35-37-41(52(47,48)49)42(40)44(46)51-39-34-32-30-28-26-24-22-20-18-16-14-12-10-8-6-4-2;/h2*7-10,35-37H,3-6,11-34,38-39H2,1-2H3,(H,47,48,49);/q;;+2/p-2/b2*9-7+,10-8+;. The molecule has 0 unspecified atom stereocenters. The van der Waals surface area contributed by atoms with Crippen molar-refractivity contribution in [1.29, 1.82) is 0 Å². The van der Waals surface area contributed by atoms with E-state index in [0.717, 1.165) is 89.2 Å². The van der Waals surface area contributed by atoms with Crippen LogP contribution in [0.2, 0.25) is 0 Å². The van der Waals surface area contributed by atoms with Gasteiger partial charge in [0.1, 0.15) is 20.2 Å². The van der Waals surface area contributed by atoms with Crippen molar-refractivity contribution in [2.24, 2.45) is 0 Å². The number of esters is 4. The van der Waals surface area contributed by atoms with Crippen molar-refractivity contribution in [1.82, 2.24) is 0 Å². The molecule has 0 aliphatic rings. The molecule has 0 saturated carbocycles. The number of benzene rings is 2. The van der Waals surface area contributed by atoms with E-state index >= 15 is 0 Å². The van der Waals surface area contributed by atoms with Crippen LogP contribution in [0.25, 0.3) is 0 Å². The Labute approximate surface area is 671 Å². The minimum absolute atomic E-state index is 0. The maximum Gasteiger partial charge on any atom is 2.00 e. The molecule has 0 aliphatic heterocycles. The minimum Gasteiger partial charge on any atom is -0.744 e. The molecule has 17 heteroatoms. The Morgan fingerprint density at radius 3 is 0.629 bits per heavy atom. The van der Waals surface area contributed by atoms with Gasteiger partial charge < -0.3 is 28.1 Å². The van der Waals surface area contributed by atoms with Gasteiger partial charge in [-0.15, -0.1) is 0 Å². The number of carbonyl (C=O) groups is 4. The molecule has 596 valence electrons. The third-order valence-corrected chi connectivity index (χ3v) is 20.7. The Balaban J connectivity index is 0.00000204. The van der Waals surface area contributed by atoms with Gasteiger partial charge in [-0.05, 0) is 127 Å². The van der Waals surface area contributed by atoms with Crippen molar-refractivity contribution in [3.63, 3.8) is 0 Å². The van der Waals surface area contributed by atoms with Gasteiger partial charge in [-0.25, -0.2) is 36.0 Å². The van der Waals surface area contributed by atoms with Gasteiger partial charge in [0.25, 0.3) is 0 Å². The summed E-state index contributed by atoms with van der Waals surface area (Å²) in [5, 5.41) is 0. The maximum absolute atomic E-state index is 13.0. The summed E-state index contributed by atoms with van der Waals surface area (Å²) < 4.78 is 93.3. The van der Waals surface area contributed by atoms with E-state index in [2.05, 4.69) is 76.3 Å². The van der Waals surface area contributed by atoms with Crippen LogP contribution in [0.15, 0.2) is 94.8 Å². The van der Waals surface area contributed by atoms with Crippen molar-refractivity contribution < 1.29 is 64.1 Å². The van der Waals surface area contributed by atoms with Gasteiger partial charge in [0, 0.05) is 0 Å². The largest absolute Gasteiger partial charge is 2.00 e. The topological polar surface area (TPSA) is 220 Å². The molecule has 2 rings (SSSR count). The zero-order valence-corrected chi connectivity index (χ0v) is 70.6. The summed E-state index contributed by atoms with van der Waals surface area (Å²) >= 11 is 0. The van der Waals surface area contributed by atoms with Gasteiger partial charge in [-0.3, -0.25) is 0 Å². The van der Waals surface area contributed by atoms with Crippen molar-refractivity contribution in [3.05, 3.63) is 107 Å². The average Bonchev–Trinajstić information content (AvgIpc) is 0.799. The van der Waals surface area contributed by atoms with Crippen LogP contribution in [-0.4, -0.2) is 114 Å². The monoisotopic (exact) mass is 1530 g/mol. The third-order valence-electron chi connectivity index (χ3n) is 18.9. The molecule has 0 bridgehead atoms. The van der Waals surface area contributed by atoms with E-state index in [1.54, 1.807) is 0 Å². The summed E-state index contributed by atoms with van der Waals surface area (Å²) in [6, 6.07) is 7.24. The van der Waals surface area contributed by atoms with Crippen LogP contribution in [-0.2, 0) is 39.2 Å². The fraction of sp³-hybridized carbons (Fsp3) is 0.727. The van der Waals surface area contributed by atoms with Crippen LogP contribution in [0.5, 0.6) is 0 Å². The number of allylic oxidation sites excluding steroid dienone is 8. The van der Waals surface area contributed by atoms with E-state index in [0.29, 0.717) is 25.7 Å². The molecule has 2 aromatic carbocycles. The van der Waals surface area contributed by atoms with Gasteiger partial charge in [-0.2, -0.15) is 0 Å². The quantitative estimate of drug-likeness (QED) is 0.0150. The molecule has 0 atom stereocenters. The summed E-state index contributed by atoms with van der Waals surface area (Å²) in [4.78, 5) is 50.3. The van der Waals surface area contributed by atoms with Crippen LogP contribution in [0, 0.1) is 0 Å².